The molecule has 0 atom stereocenters. The summed E-state index contributed by atoms with van der Waals surface area (Å²) in [5.74, 6) is 2.18. The maximum atomic E-state index is 12.1. The van der Waals surface area contributed by atoms with Crippen LogP contribution in [0, 0.1) is 0 Å². The Kier molecular flexibility index (Phi) is 5.96. The van der Waals surface area contributed by atoms with E-state index in [1.54, 1.807) is 18.9 Å². The molecule has 25 heavy (non-hydrogen) atoms. The predicted octanol–water partition coefficient (Wildman–Crippen LogP) is 4.40. The fourth-order valence-electron chi connectivity index (χ4n) is 2.67. The maximum Gasteiger partial charge on any atom is 0.230 e. The van der Waals surface area contributed by atoms with Gasteiger partial charge in [0.1, 0.15) is 5.75 Å². The zero-order valence-electron chi connectivity index (χ0n) is 14.2. The fraction of sp³-hybridized carbons (Fsp3) is 0.190. The molecule has 0 aliphatic heterocycles. The third-order valence-corrected chi connectivity index (χ3v) is 5.02. The van der Waals surface area contributed by atoms with Gasteiger partial charge in [0, 0.05) is 12.3 Å². The lowest BCUT2D eigenvalue weighted by molar-refractivity contribution is -0.118. The number of rotatable bonds is 7. The molecule has 0 radical (unpaired) electrons. The van der Waals surface area contributed by atoms with Gasteiger partial charge in [-0.25, -0.2) is 0 Å². The number of hydrogen-bond donors (Lipinski definition) is 1. The van der Waals surface area contributed by atoms with Crippen LogP contribution in [0.25, 0.3) is 10.8 Å². The monoisotopic (exact) mass is 351 g/mol. The number of methoxy groups -OCH3 is 1. The molecule has 0 aromatic heterocycles. The molecular formula is C21H21NO2S. The summed E-state index contributed by atoms with van der Waals surface area (Å²) < 4.78 is 5.15. The van der Waals surface area contributed by atoms with Crippen LogP contribution >= 0.6 is 11.8 Å². The Labute approximate surface area is 152 Å². The summed E-state index contributed by atoms with van der Waals surface area (Å²) in [7, 11) is 1.66. The minimum Gasteiger partial charge on any atom is -0.497 e. The van der Waals surface area contributed by atoms with E-state index in [1.807, 2.05) is 42.5 Å². The number of ether oxygens (including phenoxy) is 1. The van der Waals surface area contributed by atoms with Crippen molar-refractivity contribution >= 4 is 28.4 Å². The van der Waals surface area contributed by atoms with Crippen molar-refractivity contribution in [3.05, 3.63) is 77.9 Å². The minimum atomic E-state index is 0.0615. The summed E-state index contributed by atoms with van der Waals surface area (Å²) in [6.45, 7) is 0.559. The molecule has 0 spiro atoms. The van der Waals surface area contributed by atoms with Crippen molar-refractivity contribution in [1.82, 2.24) is 5.32 Å². The topological polar surface area (TPSA) is 38.3 Å². The summed E-state index contributed by atoms with van der Waals surface area (Å²) in [5, 5.41) is 5.40. The van der Waals surface area contributed by atoms with E-state index in [1.165, 1.54) is 16.3 Å². The van der Waals surface area contributed by atoms with Gasteiger partial charge in [-0.2, -0.15) is 0 Å². The molecule has 0 bridgehead atoms. The standard InChI is InChI=1S/C21H21NO2S/c1-24-19-11-9-16(10-12-19)14-25-15-21(23)22-13-18-7-4-6-17-5-2-3-8-20(17)18/h2-12H,13-15H2,1H3,(H,22,23). The Morgan fingerprint density at radius 1 is 1.00 bits per heavy atom. The molecule has 0 unspecified atom stereocenters. The number of fused-ring (bicyclic) bond motifs is 1. The molecule has 3 aromatic rings. The molecule has 128 valence electrons. The summed E-state index contributed by atoms with van der Waals surface area (Å²) in [4.78, 5) is 12.1. The van der Waals surface area contributed by atoms with E-state index in [2.05, 4.69) is 29.6 Å². The van der Waals surface area contributed by atoms with Crippen molar-refractivity contribution in [2.75, 3.05) is 12.9 Å². The third kappa shape index (κ3) is 4.77. The molecular weight excluding hydrogens is 330 g/mol. The number of hydrogen-bond acceptors (Lipinski definition) is 3. The van der Waals surface area contributed by atoms with E-state index in [0.29, 0.717) is 12.3 Å². The van der Waals surface area contributed by atoms with Crippen molar-refractivity contribution in [2.45, 2.75) is 12.3 Å². The number of nitrogens with one attached hydrogen (secondary N) is 1. The zero-order chi connectivity index (χ0) is 17.5. The molecule has 0 aliphatic carbocycles. The van der Waals surface area contributed by atoms with E-state index in [4.69, 9.17) is 4.74 Å². The fourth-order valence-corrected chi connectivity index (χ4v) is 3.49. The lowest BCUT2D eigenvalue weighted by Gasteiger charge is -2.09. The first kappa shape index (κ1) is 17.4. The second-order valence-corrected chi connectivity index (χ2v) is 6.74. The molecule has 0 saturated heterocycles. The molecule has 1 N–H and O–H groups in total. The first-order valence-corrected chi connectivity index (χ1v) is 9.36. The van der Waals surface area contributed by atoms with Crippen molar-refractivity contribution < 1.29 is 9.53 Å². The average molecular weight is 351 g/mol. The molecule has 4 heteroatoms. The lowest BCUT2D eigenvalue weighted by atomic mass is 10.0. The van der Waals surface area contributed by atoms with Gasteiger partial charge in [0.2, 0.25) is 5.91 Å². The first-order valence-electron chi connectivity index (χ1n) is 8.20. The summed E-state index contributed by atoms with van der Waals surface area (Å²) >= 11 is 1.61. The van der Waals surface area contributed by atoms with Crippen molar-refractivity contribution in [1.29, 1.82) is 0 Å². The van der Waals surface area contributed by atoms with Crippen LogP contribution < -0.4 is 10.1 Å². The first-order chi connectivity index (χ1) is 12.3. The highest BCUT2D eigenvalue weighted by molar-refractivity contribution is 7.99. The smallest absolute Gasteiger partial charge is 0.230 e. The summed E-state index contributed by atoms with van der Waals surface area (Å²) in [6.07, 6.45) is 0. The van der Waals surface area contributed by atoms with Crippen LogP contribution in [0.15, 0.2) is 66.7 Å². The van der Waals surface area contributed by atoms with Gasteiger partial charge in [0.15, 0.2) is 0 Å². The third-order valence-electron chi connectivity index (χ3n) is 4.02. The number of benzene rings is 3. The molecule has 1 amide bonds. The van der Waals surface area contributed by atoms with Gasteiger partial charge in [-0.1, -0.05) is 54.6 Å². The molecule has 0 saturated carbocycles. The van der Waals surface area contributed by atoms with Crippen LogP contribution in [-0.2, 0) is 17.1 Å². The Morgan fingerprint density at radius 2 is 1.76 bits per heavy atom. The maximum absolute atomic E-state index is 12.1. The highest BCUT2D eigenvalue weighted by Crippen LogP contribution is 2.19. The van der Waals surface area contributed by atoms with Gasteiger partial charge >= 0.3 is 0 Å². The van der Waals surface area contributed by atoms with Crippen molar-refractivity contribution in [3.8, 4) is 5.75 Å². The van der Waals surface area contributed by atoms with Gasteiger partial charge in [-0.3, -0.25) is 4.79 Å². The van der Waals surface area contributed by atoms with Gasteiger partial charge < -0.3 is 10.1 Å². The Bertz CT molecular complexity index is 841. The van der Waals surface area contributed by atoms with Crippen LogP contribution in [0.2, 0.25) is 0 Å². The Hall–Kier alpha value is -2.46. The number of carbonyl (C=O) groups excluding carboxylic acids is 1. The molecule has 3 nitrogen and oxygen atoms in total. The summed E-state index contributed by atoms with van der Waals surface area (Å²) in [5.41, 5.74) is 2.33. The summed E-state index contributed by atoms with van der Waals surface area (Å²) in [6, 6.07) is 22.4. The molecule has 3 aromatic carbocycles. The van der Waals surface area contributed by atoms with Gasteiger partial charge in [0.05, 0.1) is 12.9 Å². The average Bonchev–Trinajstić information content (AvgIpc) is 2.67. The predicted molar refractivity (Wildman–Crippen MR) is 105 cm³/mol. The van der Waals surface area contributed by atoms with Crippen LogP contribution in [0.4, 0.5) is 0 Å². The van der Waals surface area contributed by atoms with Crippen LogP contribution in [0.5, 0.6) is 5.75 Å². The lowest BCUT2D eigenvalue weighted by Crippen LogP contribution is -2.24. The number of thioether (sulfide) groups is 1. The van der Waals surface area contributed by atoms with E-state index in [9.17, 15) is 4.79 Å². The number of carbonyl (C=O) groups is 1. The number of amides is 1. The molecule has 0 aliphatic rings. The van der Waals surface area contributed by atoms with Crippen LogP contribution in [0.3, 0.4) is 0 Å². The van der Waals surface area contributed by atoms with Gasteiger partial charge in [-0.15, -0.1) is 11.8 Å². The molecule has 0 fully saturated rings. The zero-order valence-corrected chi connectivity index (χ0v) is 15.0. The molecule has 3 rings (SSSR count). The van der Waals surface area contributed by atoms with E-state index in [-0.39, 0.29) is 5.91 Å². The largest absolute Gasteiger partial charge is 0.497 e. The van der Waals surface area contributed by atoms with E-state index in [0.717, 1.165) is 17.1 Å². The van der Waals surface area contributed by atoms with Crippen LogP contribution in [0.1, 0.15) is 11.1 Å². The van der Waals surface area contributed by atoms with Crippen molar-refractivity contribution in [2.24, 2.45) is 0 Å². The molecule has 0 heterocycles. The Balaban J connectivity index is 1.47. The van der Waals surface area contributed by atoms with Crippen LogP contribution in [-0.4, -0.2) is 18.8 Å². The van der Waals surface area contributed by atoms with E-state index >= 15 is 0 Å². The Morgan fingerprint density at radius 3 is 2.56 bits per heavy atom. The van der Waals surface area contributed by atoms with Crippen molar-refractivity contribution in [3.63, 3.8) is 0 Å². The normalized spacial score (nSPS) is 10.6. The second-order valence-electron chi connectivity index (χ2n) is 5.76. The SMILES string of the molecule is COc1ccc(CSCC(=O)NCc2cccc3ccccc23)cc1. The quantitative estimate of drug-likeness (QED) is 0.686. The highest BCUT2D eigenvalue weighted by Gasteiger charge is 2.05. The minimum absolute atomic E-state index is 0.0615. The highest BCUT2D eigenvalue weighted by atomic mass is 32.2. The second kappa shape index (κ2) is 8.58. The van der Waals surface area contributed by atoms with E-state index < -0.39 is 0 Å². The van der Waals surface area contributed by atoms with Gasteiger partial charge in [0.25, 0.3) is 0 Å². The van der Waals surface area contributed by atoms with Gasteiger partial charge in [-0.05, 0) is 34.0 Å².